The normalized spacial score (nSPS) is 15.9. The lowest BCUT2D eigenvalue weighted by atomic mass is 10.1. The number of halogens is 1. The highest BCUT2D eigenvalue weighted by atomic mass is 32.2. The first-order chi connectivity index (χ1) is 14.5. The minimum Gasteiger partial charge on any atom is -0.342 e. The summed E-state index contributed by atoms with van der Waals surface area (Å²) in [6.07, 6.45) is 0.755. The fraction of sp³-hybridized carbons (Fsp3) is 0.409. The number of sulfone groups is 2. The zero-order valence-electron chi connectivity index (χ0n) is 17.5. The van der Waals surface area contributed by atoms with Crippen LogP contribution in [0.25, 0.3) is 0 Å². The van der Waals surface area contributed by atoms with Crippen molar-refractivity contribution in [2.45, 2.75) is 53.4 Å². The van der Waals surface area contributed by atoms with Gasteiger partial charge in [0, 0.05) is 13.1 Å². The monoisotopic (exact) mass is 467 g/mol. The molecule has 168 valence electrons. The predicted molar refractivity (Wildman–Crippen MR) is 116 cm³/mol. The van der Waals surface area contributed by atoms with Crippen LogP contribution in [0.1, 0.15) is 32.3 Å². The van der Waals surface area contributed by atoms with Crippen LogP contribution in [-0.2, 0) is 30.9 Å². The molecule has 0 aromatic heterocycles. The Balaban J connectivity index is 1.60. The number of nitrogens with zero attached hydrogens (tertiary/aromatic N) is 1. The first kappa shape index (κ1) is 23.4. The quantitative estimate of drug-likeness (QED) is 0.610. The van der Waals surface area contributed by atoms with Crippen LogP contribution in [0, 0.1) is 5.82 Å². The molecule has 0 radical (unpaired) electrons. The third kappa shape index (κ3) is 5.15. The summed E-state index contributed by atoms with van der Waals surface area (Å²) in [5.41, 5.74) is 0.703. The third-order valence-corrected chi connectivity index (χ3v) is 10.1. The van der Waals surface area contributed by atoms with Gasteiger partial charge in [0.25, 0.3) is 0 Å². The molecule has 31 heavy (non-hydrogen) atoms. The lowest BCUT2D eigenvalue weighted by Gasteiger charge is -2.32. The van der Waals surface area contributed by atoms with Gasteiger partial charge in [0.15, 0.2) is 19.7 Å². The van der Waals surface area contributed by atoms with Crippen molar-refractivity contribution in [2.75, 3.05) is 13.1 Å². The molecule has 1 heterocycles. The molecule has 2 aromatic rings. The summed E-state index contributed by atoms with van der Waals surface area (Å²) in [6.45, 7) is 3.88. The second-order valence-corrected chi connectivity index (χ2v) is 12.7. The third-order valence-electron chi connectivity index (χ3n) is 5.60. The van der Waals surface area contributed by atoms with E-state index >= 15 is 0 Å². The zero-order chi connectivity index (χ0) is 22.8. The lowest BCUT2D eigenvalue weighted by Crippen LogP contribution is -2.43. The number of piperidine rings is 1. The van der Waals surface area contributed by atoms with Gasteiger partial charge in [-0.3, -0.25) is 4.79 Å². The summed E-state index contributed by atoms with van der Waals surface area (Å²) in [5.74, 6) is -0.619. The molecule has 0 unspecified atom stereocenters. The highest BCUT2D eigenvalue weighted by Crippen LogP contribution is 2.25. The van der Waals surface area contributed by atoms with Crippen molar-refractivity contribution in [2.24, 2.45) is 0 Å². The predicted octanol–water partition coefficient (Wildman–Crippen LogP) is 3.02. The maximum atomic E-state index is 13.1. The number of likely N-dealkylation sites (tertiary alicyclic amines) is 1. The molecule has 0 aliphatic carbocycles. The van der Waals surface area contributed by atoms with Crippen LogP contribution in [0.15, 0.2) is 58.3 Å². The van der Waals surface area contributed by atoms with E-state index in [0.29, 0.717) is 31.5 Å². The number of hydrogen-bond acceptors (Lipinski definition) is 5. The summed E-state index contributed by atoms with van der Waals surface area (Å²) in [7, 11) is -6.94. The molecule has 1 fully saturated rings. The van der Waals surface area contributed by atoms with E-state index in [1.54, 1.807) is 30.9 Å². The summed E-state index contributed by atoms with van der Waals surface area (Å²) in [4.78, 5) is 14.6. The van der Waals surface area contributed by atoms with E-state index in [9.17, 15) is 26.0 Å². The molecule has 1 amide bonds. The van der Waals surface area contributed by atoms with Crippen molar-refractivity contribution in [3.05, 3.63) is 59.9 Å². The van der Waals surface area contributed by atoms with Crippen molar-refractivity contribution in [3.8, 4) is 0 Å². The van der Waals surface area contributed by atoms with Crippen LogP contribution in [0.2, 0.25) is 0 Å². The summed E-state index contributed by atoms with van der Waals surface area (Å²) < 4.78 is 63.0. The average molecular weight is 468 g/mol. The van der Waals surface area contributed by atoms with Crippen LogP contribution in [0.4, 0.5) is 4.39 Å². The molecule has 1 saturated heterocycles. The topological polar surface area (TPSA) is 88.6 Å². The minimum atomic E-state index is -3.57. The summed E-state index contributed by atoms with van der Waals surface area (Å²) in [6, 6.07) is 11.1. The van der Waals surface area contributed by atoms with E-state index in [1.165, 1.54) is 24.3 Å². The molecule has 0 N–H and O–H groups in total. The van der Waals surface area contributed by atoms with E-state index in [1.807, 2.05) is 0 Å². The molecule has 2 aromatic carbocycles. The van der Waals surface area contributed by atoms with Gasteiger partial charge in [-0.05, 0) is 68.7 Å². The van der Waals surface area contributed by atoms with Gasteiger partial charge in [-0.1, -0.05) is 12.1 Å². The zero-order valence-corrected chi connectivity index (χ0v) is 19.1. The van der Waals surface area contributed by atoms with Gasteiger partial charge >= 0.3 is 0 Å². The molecular formula is C22H26FNO5S2. The van der Waals surface area contributed by atoms with Crippen LogP contribution >= 0.6 is 0 Å². The van der Waals surface area contributed by atoms with Crippen LogP contribution < -0.4 is 0 Å². The molecule has 9 heteroatoms. The van der Waals surface area contributed by atoms with E-state index < -0.39 is 36.0 Å². The first-order valence-electron chi connectivity index (χ1n) is 10.1. The summed E-state index contributed by atoms with van der Waals surface area (Å²) in [5, 5.41) is -1.13. The van der Waals surface area contributed by atoms with E-state index in [0.717, 1.165) is 12.1 Å². The van der Waals surface area contributed by atoms with Crippen molar-refractivity contribution < 1.29 is 26.0 Å². The minimum absolute atomic E-state index is 0.0927. The van der Waals surface area contributed by atoms with Crippen LogP contribution in [0.5, 0.6) is 0 Å². The molecular weight excluding hydrogens is 441 g/mol. The van der Waals surface area contributed by atoms with Gasteiger partial charge in [0.1, 0.15) is 5.82 Å². The van der Waals surface area contributed by atoms with Gasteiger partial charge in [-0.15, -0.1) is 0 Å². The molecule has 0 atom stereocenters. The second kappa shape index (κ2) is 9.08. The smallest absolute Gasteiger partial charge is 0.226 e. The Hall–Kier alpha value is -2.26. The van der Waals surface area contributed by atoms with Crippen LogP contribution in [0.3, 0.4) is 0 Å². The fourth-order valence-electron chi connectivity index (χ4n) is 3.59. The Kier molecular flexibility index (Phi) is 6.85. The number of amides is 1. The molecule has 0 bridgehead atoms. The van der Waals surface area contributed by atoms with E-state index in [-0.39, 0.29) is 22.1 Å². The number of carbonyl (C=O) groups is 1. The fourth-order valence-corrected chi connectivity index (χ4v) is 6.38. The van der Waals surface area contributed by atoms with Gasteiger partial charge < -0.3 is 4.90 Å². The maximum absolute atomic E-state index is 13.1. The Bertz CT molecular complexity index is 1130. The summed E-state index contributed by atoms with van der Waals surface area (Å²) >= 11 is 0. The van der Waals surface area contributed by atoms with Crippen molar-refractivity contribution in [1.29, 1.82) is 0 Å². The molecule has 3 rings (SSSR count). The highest BCUT2D eigenvalue weighted by molar-refractivity contribution is 7.92. The second-order valence-electron chi connectivity index (χ2n) is 7.99. The standard InChI is InChI=1S/C22H26FNO5S2/c1-16(2)30(26,27)19-7-3-17(4-8-19)15-22(25)24-13-11-21(12-14-24)31(28,29)20-9-5-18(23)6-10-20/h3-10,16,21H,11-15H2,1-2H3. The van der Waals surface area contributed by atoms with Crippen molar-refractivity contribution in [3.63, 3.8) is 0 Å². The first-order valence-corrected chi connectivity index (χ1v) is 13.2. The Morgan fingerprint density at radius 2 is 1.45 bits per heavy atom. The van der Waals surface area contributed by atoms with Gasteiger partial charge in [-0.2, -0.15) is 0 Å². The maximum Gasteiger partial charge on any atom is 0.226 e. The Labute approximate surface area is 182 Å². The molecule has 0 spiro atoms. The number of benzene rings is 2. The average Bonchev–Trinajstić information content (AvgIpc) is 2.74. The Morgan fingerprint density at radius 1 is 0.935 bits per heavy atom. The van der Waals surface area contributed by atoms with Crippen LogP contribution in [-0.4, -0.2) is 51.2 Å². The van der Waals surface area contributed by atoms with E-state index in [4.69, 9.17) is 0 Å². The largest absolute Gasteiger partial charge is 0.342 e. The van der Waals surface area contributed by atoms with Crippen molar-refractivity contribution >= 4 is 25.6 Å². The van der Waals surface area contributed by atoms with E-state index in [2.05, 4.69) is 0 Å². The Morgan fingerprint density at radius 3 is 1.97 bits per heavy atom. The number of carbonyl (C=O) groups excluding carboxylic acids is 1. The molecule has 1 aliphatic rings. The highest BCUT2D eigenvalue weighted by Gasteiger charge is 2.32. The van der Waals surface area contributed by atoms with Crippen molar-refractivity contribution in [1.82, 2.24) is 4.90 Å². The molecule has 6 nitrogen and oxygen atoms in total. The number of rotatable bonds is 6. The van der Waals surface area contributed by atoms with Gasteiger partial charge in [0.2, 0.25) is 5.91 Å². The number of hydrogen-bond donors (Lipinski definition) is 0. The van der Waals surface area contributed by atoms with Gasteiger partial charge in [0.05, 0.1) is 26.7 Å². The SMILES string of the molecule is CC(C)S(=O)(=O)c1ccc(CC(=O)N2CCC(S(=O)(=O)c3ccc(F)cc3)CC2)cc1. The lowest BCUT2D eigenvalue weighted by molar-refractivity contribution is -0.131. The molecule has 0 saturated carbocycles. The van der Waals surface area contributed by atoms with Gasteiger partial charge in [-0.25, -0.2) is 21.2 Å². The molecule has 1 aliphatic heterocycles.